The van der Waals surface area contributed by atoms with Gasteiger partial charge in [0, 0.05) is 26.1 Å². The molecule has 76 valence electrons. The van der Waals surface area contributed by atoms with Crippen LogP contribution in [-0.4, -0.2) is 40.1 Å². The molecule has 1 aromatic heterocycles. The molecule has 1 amide bonds. The summed E-state index contributed by atoms with van der Waals surface area (Å²) < 4.78 is 4.73. The molecule has 0 bridgehead atoms. The third-order valence-corrected chi connectivity index (χ3v) is 2.23. The largest absolute Gasteiger partial charge is 0.339 e. The maximum atomic E-state index is 11.7. The minimum atomic E-state index is -0.199. The average Bonchev–Trinajstić information content (AvgIpc) is 2.73. The minimum Gasteiger partial charge on any atom is -0.339 e. The van der Waals surface area contributed by atoms with E-state index in [0.29, 0.717) is 19.0 Å². The molecule has 2 N–H and O–H groups in total. The van der Waals surface area contributed by atoms with Crippen molar-refractivity contribution in [3.05, 3.63) is 11.7 Å². The lowest BCUT2D eigenvalue weighted by atomic mass is 10.3. The molecule has 1 aromatic rings. The SMILES string of the molecule is Cc1nc(C(=O)N2CC[C@H](N)C2)no1. The van der Waals surface area contributed by atoms with Crippen LogP contribution < -0.4 is 5.73 Å². The lowest BCUT2D eigenvalue weighted by molar-refractivity contribution is 0.0775. The normalized spacial score (nSPS) is 21.6. The van der Waals surface area contributed by atoms with Crippen LogP contribution >= 0.6 is 0 Å². The second-order valence-corrected chi connectivity index (χ2v) is 3.44. The summed E-state index contributed by atoms with van der Waals surface area (Å²) in [4.78, 5) is 17.2. The number of amides is 1. The topological polar surface area (TPSA) is 85.2 Å². The molecule has 0 aliphatic carbocycles. The van der Waals surface area contributed by atoms with Gasteiger partial charge in [0.15, 0.2) is 0 Å². The summed E-state index contributed by atoms with van der Waals surface area (Å²) in [6, 6.07) is 0.0759. The van der Waals surface area contributed by atoms with Crippen LogP contribution in [-0.2, 0) is 0 Å². The predicted molar refractivity (Wildman–Crippen MR) is 47.5 cm³/mol. The molecule has 1 fully saturated rings. The van der Waals surface area contributed by atoms with E-state index in [4.69, 9.17) is 10.3 Å². The molecular weight excluding hydrogens is 184 g/mol. The molecule has 1 atom stereocenters. The van der Waals surface area contributed by atoms with Crippen molar-refractivity contribution in [3.63, 3.8) is 0 Å². The van der Waals surface area contributed by atoms with Crippen LogP contribution in [0.1, 0.15) is 22.9 Å². The van der Waals surface area contributed by atoms with Gasteiger partial charge in [-0.15, -0.1) is 0 Å². The van der Waals surface area contributed by atoms with E-state index < -0.39 is 0 Å². The minimum absolute atomic E-state index is 0.0759. The van der Waals surface area contributed by atoms with E-state index in [0.717, 1.165) is 6.42 Å². The van der Waals surface area contributed by atoms with E-state index in [9.17, 15) is 4.79 Å². The Morgan fingerprint density at radius 2 is 2.50 bits per heavy atom. The van der Waals surface area contributed by atoms with Crippen molar-refractivity contribution in [1.29, 1.82) is 0 Å². The van der Waals surface area contributed by atoms with Crippen LogP contribution in [0.15, 0.2) is 4.52 Å². The molecule has 1 aliphatic rings. The van der Waals surface area contributed by atoms with Gasteiger partial charge in [0.1, 0.15) is 0 Å². The highest BCUT2D eigenvalue weighted by Gasteiger charge is 2.27. The van der Waals surface area contributed by atoms with Gasteiger partial charge in [-0.25, -0.2) is 0 Å². The summed E-state index contributed by atoms with van der Waals surface area (Å²) in [5.74, 6) is 0.322. The maximum Gasteiger partial charge on any atom is 0.295 e. The quantitative estimate of drug-likeness (QED) is 0.657. The summed E-state index contributed by atoms with van der Waals surface area (Å²) in [6.07, 6.45) is 0.836. The standard InChI is InChI=1S/C8H12N4O2/c1-5-10-7(11-14-5)8(13)12-3-2-6(9)4-12/h6H,2-4,9H2,1H3/t6-/m0/s1. The third-order valence-electron chi connectivity index (χ3n) is 2.23. The number of hydrogen-bond donors (Lipinski definition) is 1. The van der Waals surface area contributed by atoms with Gasteiger partial charge in [-0.2, -0.15) is 4.98 Å². The van der Waals surface area contributed by atoms with E-state index in [1.165, 1.54) is 0 Å². The number of aryl methyl sites for hydroxylation is 1. The summed E-state index contributed by atoms with van der Waals surface area (Å²) in [5, 5.41) is 3.57. The molecule has 0 unspecified atom stereocenters. The zero-order chi connectivity index (χ0) is 10.1. The van der Waals surface area contributed by atoms with E-state index in [2.05, 4.69) is 10.1 Å². The van der Waals surface area contributed by atoms with Crippen LogP contribution in [0.2, 0.25) is 0 Å². The second-order valence-electron chi connectivity index (χ2n) is 3.44. The fourth-order valence-electron chi connectivity index (χ4n) is 1.50. The Hall–Kier alpha value is -1.43. The fourth-order valence-corrected chi connectivity index (χ4v) is 1.50. The van der Waals surface area contributed by atoms with Gasteiger partial charge >= 0.3 is 0 Å². The lowest BCUT2D eigenvalue weighted by Gasteiger charge is -2.12. The molecule has 0 spiro atoms. The molecule has 6 nitrogen and oxygen atoms in total. The van der Waals surface area contributed by atoms with Crippen molar-refractivity contribution in [1.82, 2.24) is 15.0 Å². The Morgan fingerprint density at radius 3 is 3.00 bits per heavy atom. The van der Waals surface area contributed by atoms with Crippen molar-refractivity contribution in [2.24, 2.45) is 5.73 Å². The Morgan fingerprint density at radius 1 is 1.71 bits per heavy atom. The first-order valence-electron chi connectivity index (χ1n) is 4.52. The summed E-state index contributed by atoms with van der Waals surface area (Å²) in [7, 11) is 0. The lowest BCUT2D eigenvalue weighted by Crippen LogP contribution is -2.32. The van der Waals surface area contributed by atoms with E-state index in [1.807, 2.05) is 0 Å². The van der Waals surface area contributed by atoms with Crippen molar-refractivity contribution in [2.45, 2.75) is 19.4 Å². The number of carbonyl (C=O) groups is 1. The molecule has 1 aliphatic heterocycles. The predicted octanol–water partition coefficient (Wildman–Crippen LogP) is -0.449. The van der Waals surface area contributed by atoms with Crippen molar-refractivity contribution in [3.8, 4) is 0 Å². The number of nitrogens with zero attached hydrogens (tertiary/aromatic N) is 3. The van der Waals surface area contributed by atoms with Crippen molar-refractivity contribution < 1.29 is 9.32 Å². The molecule has 14 heavy (non-hydrogen) atoms. The third kappa shape index (κ3) is 1.60. The Balaban J connectivity index is 2.09. The first kappa shape index (κ1) is 9.14. The summed E-state index contributed by atoms with van der Waals surface area (Å²) >= 11 is 0. The number of aromatic nitrogens is 2. The monoisotopic (exact) mass is 196 g/mol. The van der Waals surface area contributed by atoms with E-state index in [-0.39, 0.29) is 17.8 Å². The number of likely N-dealkylation sites (tertiary alicyclic amines) is 1. The van der Waals surface area contributed by atoms with Crippen LogP contribution in [0.4, 0.5) is 0 Å². The van der Waals surface area contributed by atoms with Gasteiger partial charge in [0.05, 0.1) is 0 Å². The Kier molecular flexibility index (Phi) is 2.20. The number of nitrogens with two attached hydrogens (primary N) is 1. The summed E-state index contributed by atoms with van der Waals surface area (Å²) in [6.45, 7) is 2.90. The van der Waals surface area contributed by atoms with E-state index >= 15 is 0 Å². The molecule has 1 saturated heterocycles. The van der Waals surface area contributed by atoms with Gasteiger partial charge in [-0.05, 0) is 6.42 Å². The molecule has 6 heteroatoms. The van der Waals surface area contributed by atoms with Crippen LogP contribution in [0.25, 0.3) is 0 Å². The van der Waals surface area contributed by atoms with Crippen molar-refractivity contribution in [2.75, 3.05) is 13.1 Å². The average molecular weight is 196 g/mol. The fraction of sp³-hybridized carbons (Fsp3) is 0.625. The molecular formula is C8H12N4O2. The van der Waals surface area contributed by atoms with Crippen molar-refractivity contribution >= 4 is 5.91 Å². The van der Waals surface area contributed by atoms with E-state index in [1.54, 1.807) is 11.8 Å². The highest BCUT2D eigenvalue weighted by Crippen LogP contribution is 2.10. The molecule has 0 aromatic carbocycles. The number of hydrogen-bond acceptors (Lipinski definition) is 5. The smallest absolute Gasteiger partial charge is 0.295 e. The molecule has 2 rings (SSSR count). The van der Waals surface area contributed by atoms with Crippen LogP contribution in [0, 0.1) is 6.92 Å². The highest BCUT2D eigenvalue weighted by atomic mass is 16.5. The summed E-state index contributed by atoms with van der Waals surface area (Å²) in [5.41, 5.74) is 5.69. The van der Waals surface area contributed by atoms with Gasteiger partial charge in [-0.3, -0.25) is 4.79 Å². The second kappa shape index (κ2) is 3.38. The first-order valence-corrected chi connectivity index (χ1v) is 4.52. The first-order chi connectivity index (χ1) is 6.66. The zero-order valence-electron chi connectivity index (χ0n) is 7.93. The van der Waals surface area contributed by atoms with Gasteiger partial charge in [0.25, 0.3) is 11.7 Å². The van der Waals surface area contributed by atoms with Crippen LogP contribution in [0.3, 0.4) is 0 Å². The van der Waals surface area contributed by atoms with Crippen LogP contribution in [0.5, 0.6) is 0 Å². The number of rotatable bonds is 1. The van der Waals surface area contributed by atoms with Gasteiger partial charge in [-0.1, -0.05) is 5.16 Å². The Bertz CT molecular complexity index is 349. The Labute approximate surface area is 81.1 Å². The molecule has 0 radical (unpaired) electrons. The van der Waals surface area contributed by atoms with Gasteiger partial charge in [0.2, 0.25) is 5.89 Å². The molecule has 2 heterocycles. The number of carbonyl (C=O) groups excluding carboxylic acids is 1. The zero-order valence-corrected chi connectivity index (χ0v) is 7.93. The maximum absolute atomic E-state index is 11.7. The molecule has 0 saturated carbocycles. The highest BCUT2D eigenvalue weighted by molar-refractivity contribution is 5.90. The van der Waals surface area contributed by atoms with Gasteiger partial charge < -0.3 is 15.2 Å².